The molecule has 3 aromatic rings. The quantitative estimate of drug-likeness (QED) is 0.561. The molecule has 0 amide bonds. The van der Waals surface area contributed by atoms with Crippen molar-refractivity contribution in [3.8, 4) is 11.3 Å². The average molecular weight is 464 g/mol. The average Bonchev–Trinajstić information content (AvgIpc) is 3.32. The molecule has 0 aromatic carbocycles. The lowest BCUT2D eigenvalue weighted by Crippen LogP contribution is -2.43. The zero-order valence-electron chi connectivity index (χ0n) is 17.3. The molecule has 31 heavy (non-hydrogen) atoms. The zero-order valence-corrected chi connectivity index (χ0v) is 18.8. The van der Waals surface area contributed by atoms with Crippen molar-refractivity contribution in [3.05, 3.63) is 26.6 Å². The summed E-state index contributed by atoms with van der Waals surface area (Å²) < 4.78 is 7.38. The van der Waals surface area contributed by atoms with E-state index in [4.69, 9.17) is 38.7 Å². The van der Waals surface area contributed by atoms with Gasteiger partial charge in [0.15, 0.2) is 10.8 Å². The van der Waals surface area contributed by atoms with E-state index in [2.05, 4.69) is 27.0 Å². The molecule has 0 saturated carbocycles. The van der Waals surface area contributed by atoms with Crippen LogP contribution < -0.4 is 16.2 Å². The summed E-state index contributed by atoms with van der Waals surface area (Å²) in [4.78, 5) is 24.1. The predicted molar refractivity (Wildman–Crippen MR) is 121 cm³/mol. The second-order valence-corrected chi connectivity index (χ2v) is 9.32. The highest BCUT2D eigenvalue weighted by atomic mass is 35.5. The van der Waals surface area contributed by atoms with Gasteiger partial charge in [-0.05, 0) is 37.7 Å². The van der Waals surface area contributed by atoms with Gasteiger partial charge < -0.3 is 15.4 Å². The van der Waals surface area contributed by atoms with Crippen LogP contribution in [-0.2, 0) is 11.8 Å². The van der Waals surface area contributed by atoms with Gasteiger partial charge in [0.05, 0.1) is 23.4 Å². The Labute approximate surface area is 188 Å². The summed E-state index contributed by atoms with van der Waals surface area (Å²) in [6, 6.07) is 1.56. The fourth-order valence-electron chi connectivity index (χ4n) is 4.80. The minimum atomic E-state index is -0.218. The summed E-state index contributed by atoms with van der Waals surface area (Å²) in [6.07, 6.45) is 3.44. The number of nitrogens with one attached hydrogen (secondary N) is 1. The van der Waals surface area contributed by atoms with Gasteiger partial charge in [0, 0.05) is 25.7 Å². The maximum atomic E-state index is 13.3. The van der Waals surface area contributed by atoms with Crippen LogP contribution in [0.15, 0.2) is 10.9 Å². The van der Waals surface area contributed by atoms with Crippen LogP contribution in [0.5, 0.6) is 0 Å². The molecule has 11 heteroatoms. The maximum Gasteiger partial charge on any atom is 0.266 e. The number of hydrogen-bond donors (Lipinski definition) is 2. The highest BCUT2D eigenvalue weighted by Crippen LogP contribution is 2.42. The summed E-state index contributed by atoms with van der Waals surface area (Å²) >= 11 is 12.4. The normalized spacial score (nSPS) is 20.8. The van der Waals surface area contributed by atoms with Gasteiger partial charge in [-0.25, -0.2) is 4.98 Å². The Bertz CT molecular complexity index is 1230. The number of piperidine rings is 1. The van der Waals surface area contributed by atoms with Gasteiger partial charge >= 0.3 is 0 Å². The molecule has 3 N–H and O–H groups in total. The number of pyridine rings is 1. The molecule has 2 fully saturated rings. The molecular weight excluding hydrogens is 441 g/mol. The number of nitrogens with zero attached hydrogens (tertiary/aromatic N) is 5. The Hall–Kier alpha value is -2.36. The van der Waals surface area contributed by atoms with Crippen molar-refractivity contribution in [1.82, 2.24) is 24.7 Å². The van der Waals surface area contributed by atoms with Gasteiger partial charge in [-0.1, -0.05) is 23.2 Å². The SMILES string of the molecule is C[C@H]1CC2(CCN(c3nc4n[nH]c(-c5cc(N)nc(Cl)c5Cl)c4c(=O)n3C)CC2)CO1. The standard InChI is InChI=1S/C20H23Cl2N7O2/c1-10-8-20(9-31-10)3-5-29(6-4-20)19-25-17-13(18(30)28(19)2)15(26-27-17)11-7-12(23)24-16(22)14(11)21/h7,10H,3-6,8-9H2,1-2H3,(H2,23,24)(H,26,27)/t10-/m0/s1. The molecule has 3 aromatic heterocycles. The van der Waals surface area contributed by atoms with Gasteiger partial charge in [0.2, 0.25) is 5.95 Å². The van der Waals surface area contributed by atoms with E-state index in [0.29, 0.717) is 34.3 Å². The number of fused-ring (bicyclic) bond motifs is 1. The smallest absolute Gasteiger partial charge is 0.266 e. The van der Waals surface area contributed by atoms with E-state index in [1.165, 1.54) is 0 Å². The third kappa shape index (κ3) is 3.35. The summed E-state index contributed by atoms with van der Waals surface area (Å²) in [5.41, 5.74) is 7.06. The Morgan fingerprint density at radius 3 is 2.71 bits per heavy atom. The molecule has 0 bridgehead atoms. The van der Waals surface area contributed by atoms with Gasteiger partial charge in [0.1, 0.15) is 11.2 Å². The number of nitrogens with two attached hydrogens (primary N) is 1. The lowest BCUT2D eigenvalue weighted by atomic mass is 9.77. The van der Waals surface area contributed by atoms with Crippen molar-refractivity contribution in [2.45, 2.75) is 32.3 Å². The Balaban J connectivity index is 1.53. The van der Waals surface area contributed by atoms with E-state index < -0.39 is 0 Å². The fourth-order valence-corrected chi connectivity index (χ4v) is 5.19. The second-order valence-electron chi connectivity index (χ2n) is 8.59. The third-order valence-corrected chi connectivity index (χ3v) is 7.23. The number of hydrogen-bond acceptors (Lipinski definition) is 7. The van der Waals surface area contributed by atoms with Crippen molar-refractivity contribution in [2.75, 3.05) is 30.3 Å². The molecule has 0 unspecified atom stereocenters. The van der Waals surface area contributed by atoms with Crippen molar-refractivity contribution < 1.29 is 4.74 Å². The van der Waals surface area contributed by atoms with Crippen LogP contribution >= 0.6 is 23.2 Å². The van der Waals surface area contributed by atoms with Crippen LogP contribution in [0.3, 0.4) is 0 Å². The first-order chi connectivity index (χ1) is 14.8. The molecule has 164 valence electrons. The van der Waals surface area contributed by atoms with Gasteiger partial charge in [-0.3, -0.25) is 14.5 Å². The highest BCUT2D eigenvalue weighted by molar-refractivity contribution is 6.43. The lowest BCUT2D eigenvalue weighted by molar-refractivity contribution is 0.0974. The number of aromatic amines is 1. The minimum Gasteiger partial charge on any atom is -0.384 e. The molecule has 1 atom stereocenters. The van der Waals surface area contributed by atoms with Crippen LogP contribution in [0.25, 0.3) is 22.3 Å². The van der Waals surface area contributed by atoms with E-state index in [0.717, 1.165) is 39.0 Å². The number of aromatic nitrogens is 5. The number of H-pyrrole nitrogens is 1. The van der Waals surface area contributed by atoms with E-state index >= 15 is 0 Å². The summed E-state index contributed by atoms with van der Waals surface area (Å²) in [6.45, 7) is 4.59. The van der Waals surface area contributed by atoms with Crippen LogP contribution in [0.2, 0.25) is 10.2 Å². The summed E-state index contributed by atoms with van der Waals surface area (Å²) in [5, 5.41) is 7.75. The number of nitrogen functional groups attached to an aromatic ring is 1. The van der Waals surface area contributed by atoms with E-state index in [-0.39, 0.29) is 27.0 Å². The van der Waals surface area contributed by atoms with Crippen LogP contribution in [0, 0.1) is 5.41 Å². The van der Waals surface area contributed by atoms with Gasteiger partial charge in [0.25, 0.3) is 5.56 Å². The van der Waals surface area contributed by atoms with Crippen LogP contribution in [0.1, 0.15) is 26.2 Å². The first-order valence-electron chi connectivity index (χ1n) is 10.2. The monoisotopic (exact) mass is 463 g/mol. The molecule has 0 radical (unpaired) electrons. The summed E-state index contributed by atoms with van der Waals surface area (Å²) in [7, 11) is 1.72. The molecule has 5 heterocycles. The molecule has 2 saturated heterocycles. The molecular formula is C20H23Cl2N7O2. The van der Waals surface area contributed by atoms with Crippen LogP contribution in [-0.4, -0.2) is 50.5 Å². The predicted octanol–water partition coefficient (Wildman–Crippen LogP) is 3.00. The van der Waals surface area contributed by atoms with Crippen LogP contribution in [0.4, 0.5) is 11.8 Å². The molecule has 2 aliphatic heterocycles. The topological polar surface area (TPSA) is 115 Å². The number of ether oxygens (including phenoxy) is 1. The Morgan fingerprint density at radius 1 is 1.29 bits per heavy atom. The van der Waals surface area contributed by atoms with E-state index in [1.54, 1.807) is 17.7 Å². The Kier molecular flexibility index (Phi) is 4.87. The van der Waals surface area contributed by atoms with Crippen molar-refractivity contribution >= 4 is 46.0 Å². The first-order valence-corrected chi connectivity index (χ1v) is 11.0. The molecule has 2 aliphatic rings. The Morgan fingerprint density at radius 2 is 2.03 bits per heavy atom. The minimum absolute atomic E-state index is 0.0632. The van der Waals surface area contributed by atoms with E-state index in [1.807, 2.05) is 0 Å². The molecule has 9 nitrogen and oxygen atoms in total. The highest BCUT2D eigenvalue weighted by Gasteiger charge is 2.41. The molecule has 0 aliphatic carbocycles. The third-order valence-electron chi connectivity index (χ3n) is 6.48. The summed E-state index contributed by atoms with van der Waals surface area (Å²) in [5.74, 6) is 0.803. The molecule has 1 spiro atoms. The van der Waals surface area contributed by atoms with Crippen molar-refractivity contribution in [1.29, 1.82) is 0 Å². The van der Waals surface area contributed by atoms with Gasteiger partial charge in [-0.15, -0.1) is 0 Å². The van der Waals surface area contributed by atoms with Crippen molar-refractivity contribution in [3.63, 3.8) is 0 Å². The van der Waals surface area contributed by atoms with E-state index in [9.17, 15) is 4.79 Å². The van der Waals surface area contributed by atoms with Gasteiger partial charge in [-0.2, -0.15) is 10.1 Å². The second kappa shape index (κ2) is 7.36. The maximum absolute atomic E-state index is 13.3. The molecule has 5 rings (SSSR count). The number of anilines is 2. The zero-order chi connectivity index (χ0) is 21.9. The number of halogens is 2. The fraction of sp³-hybridized carbons (Fsp3) is 0.500. The first kappa shape index (κ1) is 20.5. The largest absolute Gasteiger partial charge is 0.384 e. The van der Waals surface area contributed by atoms with Crippen molar-refractivity contribution in [2.24, 2.45) is 12.5 Å². The lowest BCUT2D eigenvalue weighted by Gasteiger charge is -2.39. The number of rotatable bonds is 2.